The van der Waals surface area contributed by atoms with E-state index in [1.807, 2.05) is 38.1 Å². The fraction of sp³-hybridized carbons (Fsp3) is 0.176. The molecule has 2 aromatic carbocycles. The van der Waals surface area contributed by atoms with E-state index in [0.717, 1.165) is 16.7 Å². The first-order chi connectivity index (χ1) is 11.4. The van der Waals surface area contributed by atoms with Gasteiger partial charge in [0.25, 0.3) is 5.91 Å². The van der Waals surface area contributed by atoms with Crippen molar-refractivity contribution in [3.05, 3.63) is 65.2 Å². The van der Waals surface area contributed by atoms with Crippen LogP contribution in [-0.4, -0.2) is 27.1 Å². The van der Waals surface area contributed by atoms with Crippen molar-refractivity contribution in [1.82, 2.24) is 10.1 Å². The van der Waals surface area contributed by atoms with E-state index < -0.39 is 15.9 Å². The molecule has 0 radical (unpaired) electrons. The Hall–Kier alpha value is -2.51. The number of nitrogens with zero attached hydrogens (tertiary/aromatic N) is 1. The Kier molecular flexibility index (Phi) is 5.83. The number of hydrogen-bond acceptors (Lipinski definition) is 4. The largest absolute Gasteiger partial charge is 0.272 e. The summed E-state index contributed by atoms with van der Waals surface area (Å²) in [6.45, 7) is 3.45. The lowest BCUT2D eigenvalue weighted by Gasteiger charge is -2.06. The Labute approximate surface area is 141 Å². The van der Waals surface area contributed by atoms with Crippen LogP contribution in [0.5, 0.6) is 0 Å². The Morgan fingerprint density at radius 3 is 2.12 bits per heavy atom. The van der Waals surface area contributed by atoms with Gasteiger partial charge in [-0.3, -0.25) is 4.79 Å². The second kappa shape index (κ2) is 7.85. The first-order valence-corrected chi connectivity index (χ1v) is 8.80. The zero-order valence-corrected chi connectivity index (χ0v) is 14.3. The molecule has 2 N–H and O–H groups in total. The van der Waals surface area contributed by atoms with E-state index in [0.29, 0.717) is 0 Å². The van der Waals surface area contributed by atoms with E-state index >= 15 is 0 Å². The van der Waals surface area contributed by atoms with Gasteiger partial charge in [0.15, 0.2) is 0 Å². The van der Waals surface area contributed by atoms with Crippen LogP contribution >= 0.6 is 0 Å². The van der Waals surface area contributed by atoms with Crippen molar-refractivity contribution in [3.8, 4) is 0 Å². The molecule has 0 aliphatic rings. The zero-order valence-electron chi connectivity index (χ0n) is 13.5. The highest BCUT2D eigenvalue weighted by molar-refractivity contribution is 7.89. The van der Waals surface area contributed by atoms with Crippen molar-refractivity contribution in [1.29, 1.82) is 0 Å². The maximum Gasteiger partial charge on any atom is 0.255 e. The lowest BCUT2D eigenvalue weighted by molar-refractivity contribution is -0.119. The number of benzene rings is 2. The molecule has 0 saturated heterocycles. The van der Waals surface area contributed by atoms with E-state index in [1.54, 1.807) is 12.1 Å². The van der Waals surface area contributed by atoms with Crippen LogP contribution in [0.4, 0.5) is 0 Å². The van der Waals surface area contributed by atoms with Gasteiger partial charge in [-0.15, -0.1) is 0 Å². The zero-order chi connectivity index (χ0) is 17.6. The molecule has 0 unspecified atom stereocenters. The number of aryl methyl sites for hydroxylation is 2. The first kappa shape index (κ1) is 17.8. The van der Waals surface area contributed by atoms with Gasteiger partial charge in [-0.2, -0.15) is 5.10 Å². The maximum absolute atomic E-state index is 12.0. The van der Waals surface area contributed by atoms with Gasteiger partial charge >= 0.3 is 0 Å². The molecule has 0 bridgehead atoms. The van der Waals surface area contributed by atoms with E-state index in [-0.39, 0.29) is 11.4 Å². The molecule has 0 aliphatic heterocycles. The Morgan fingerprint density at radius 1 is 1.00 bits per heavy atom. The predicted octanol–water partition coefficient (Wildman–Crippen LogP) is 1.73. The smallest absolute Gasteiger partial charge is 0.255 e. The van der Waals surface area contributed by atoms with Crippen molar-refractivity contribution < 1.29 is 13.2 Å². The first-order valence-electron chi connectivity index (χ1n) is 7.32. The number of amides is 1. The van der Waals surface area contributed by atoms with Gasteiger partial charge in [-0.1, -0.05) is 47.5 Å². The fourth-order valence-electron chi connectivity index (χ4n) is 1.83. The normalized spacial score (nSPS) is 11.6. The minimum absolute atomic E-state index is 0.115. The van der Waals surface area contributed by atoms with Crippen LogP contribution in [0.25, 0.3) is 0 Å². The molecule has 0 saturated carbocycles. The second-order valence-corrected chi connectivity index (χ2v) is 7.11. The third-order valence-corrected chi connectivity index (χ3v) is 4.65. The summed E-state index contributed by atoms with van der Waals surface area (Å²) >= 11 is 0. The topological polar surface area (TPSA) is 87.6 Å². The van der Waals surface area contributed by atoms with E-state index in [2.05, 4.69) is 15.2 Å². The molecule has 1 amide bonds. The van der Waals surface area contributed by atoms with Gasteiger partial charge in [0.05, 0.1) is 17.7 Å². The van der Waals surface area contributed by atoms with Gasteiger partial charge in [0.1, 0.15) is 0 Å². The summed E-state index contributed by atoms with van der Waals surface area (Å²) in [6.07, 6.45) is 1.49. The van der Waals surface area contributed by atoms with Crippen LogP contribution in [0, 0.1) is 13.8 Å². The molecular weight excluding hydrogens is 326 g/mol. The molecule has 0 aromatic heterocycles. The third kappa shape index (κ3) is 5.29. The average molecular weight is 345 g/mol. The van der Waals surface area contributed by atoms with E-state index in [1.165, 1.54) is 18.3 Å². The molecule has 0 spiro atoms. The molecule has 126 valence electrons. The number of carbonyl (C=O) groups excluding carboxylic acids is 1. The van der Waals surface area contributed by atoms with E-state index in [9.17, 15) is 13.2 Å². The number of sulfonamides is 1. The van der Waals surface area contributed by atoms with Crippen LogP contribution in [0.3, 0.4) is 0 Å². The number of nitrogens with one attached hydrogen (secondary N) is 2. The number of carbonyl (C=O) groups is 1. The van der Waals surface area contributed by atoms with Crippen LogP contribution in [-0.2, 0) is 14.8 Å². The summed E-state index contributed by atoms with van der Waals surface area (Å²) in [5, 5.41) is 3.80. The van der Waals surface area contributed by atoms with Gasteiger partial charge in [-0.25, -0.2) is 18.6 Å². The quantitative estimate of drug-likeness (QED) is 0.617. The molecule has 0 atom stereocenters. The van der Waals surface area contributed by atoms with Crippen LogP contribution in [0.2, 0.25) is 0 Å². The standard InChI is InChI=1S/C17H19N3O3S/c1-13-3-7-15(8-4-13)11-18-20-17(21)12-19-24(22,23)16-9-5-14(2)6-10-16/h3-11,19H,12H2,1-2H3,(H,20,21)/b18-11+. The minimum Gasteiger partial charge on any atom is -0.272 e. The molecule has 6 nitrogen and oxygen atoms in total. The Bertz CT molecular complexity index is 826. The van der Waals surface area contributed by atoms with Crippen LogP contribution in [0.1, 0.15) is 16.7 Å². The molecule has 2 aromatic rings. The van der Waals surface area contributed by atoms with Crippen molar-refractivity contribution in [2.45, 2.75) is 18.7 Å². The summed E-state index contributed by atoms with van der Waals surface area (Å²) in [4.78, 5) is 11.8. The average Bonchev–Trinajstić information content (AvgIpc) is 2.55. The molecule has 7 heteroatoms. The number of rotatable bonds is 6. The molecule has 0 heterocycles. The maximum atomic E-state index is 12.0. The number of hydrogen-bond donors (Lipinski definition) is 2. The molecule has 0 fully saturated rings. The van der Waals surface area contributed by atoms with Gasteiger partial charge in [0.2, 0.25) is 10.0 Å². The van der Waals surface area contributed by atoms with Crippen LogP contribution < -0.4 is 10.1 Å². The second-order valence-electron chi connectivity index (χ2n) is 5.34. The van der Waals surface area contributed by atoms with E-state index in [4.69, 9.17) is 0 Å². The fourth-order valence-corrected chi connectivity index (χ4v) is 2.81. The summed E-state index contributed by atoms with van der Waals surface area (Å²) in [5.41, 5.74) is 5.20. The van der Waals surface area contributed by atoms with Crippen molar-refractivity contribution in [2.75, 3.05) is 6.54 Å². The Morgan fingerprint density at radius 2 is 1.54 bits per heavy atom. The third-order valence-electron chi connectivity index (χ3n) is 3.23. The van der Waals surface area contributed by atoms with Gasteiger partial charge in [0, 0.05) is 0 Å². The van der Waals surface area contributed by atoms with Crippen molar-refractivity contribution in [3.63, 3.8) is 0 Å². The summed E-state index contributed by atoms with van der Waals surface area (Å²) in [6, 6.07) is 14.0. The SMILES string of the molecule is Cc1ccc(/C=N/NC(=O)CNS(=O)(=O)c2ccc(C)cc2)cc1. The summed E-state index contributed by atoms with van der Waals surface area (Å²) in [7, 11) is -3.72. The van der Waals surface area contributed by atoms with Crippen molar-refractivity contribution >= 4 is 22.1 Å². The highest BCUT2D eigenvalue weighted by Crippen LogP contribution is 2.09. The van der Waals surface area contributed by atoms with Crippen molar-refractivity contribution in [2.24, 2.45) is 5.10 Å². The predicted molar refractivity (Wildman–Crippen MR) is 93.3 cm³/mol. The Balaban J connectivity index is 1.86. The molecule has 0 aliphatic carbocycles. The van der Waals surface area contributed by atoms with Crippen LogP contribution in [0.15, 0.2) is 58.5 Å². The molecular formula is C17H19N3O3S. The monoisotopic (exact) mass is 345 g/mol. The highest BCUT2D eigenvalue weighted by atomic mass is 32.2. The lowest BCUT2D eigenvalue weighted by atomic mass is 10.2. The lowest BCUT2D eigenvalue weighted by Crippen LogP contribution is -2.34. The summed E-state index contributed by atoms with van der Waals surface area (Å²) in [5.74, 6) is -0.547. The number of hydrazone groups is 1. The van der Waals surface area contributed by atoms with Gasteiger partial charge in [-0.05, 0) is 31.5 Å². The molecule has 2 rings (SSSR count). The minimum atomic E-state index is -3.72. The highest BCUT2D eigenvalue weighted by Gasteiger charge is 2.14. The summed E-state index contributed by atoms with van der Waals surface area (Å²) < 4.78 is 26.3. The molecule has 24 heavy (non-hydrogen) atoms. The van der Waals surface area contributed by atoms with Gasteiger partial charge < -0.3 is 0 Å².